The lowest BCUT2D eigenvalue weighted by Gasteiger charge is -2.41. The molecule has 1 aromatic carbocycles. The van der Waals surface area contributed by atoms with E-state index in [0.717, 1.165) is 57.0 Å². The molecule has 140 valence electrons. The fourth-order valence-corrected chi connectivity index (χ4v) is 4.62. The first kappa shape index (κ1) is 17.9. The van der Waals surface area contributed by atoms with E-state index in [0.29, 0.717) is 18.1 Å². The average molecular weight is 355 g/mol. The van der Waals surface area contributed by atoms with Crippen LogP contribution in [-0.2, 0) is 16.0 Å². The Labute approximate surface area is 155 Å². The fourth-order valence-electron chi connectivity index (χ4n) is 4.62. The summed E-state index contributed by atoms with van der Waals surface area (Å²) in [7, 11) is 3.64. The van der Waals surface area contributed by atoms with Gasteiger partial charge in [-0.05, 0) is 18.6 Å². The molecule has 3 heterocycles. The quantitative estimate of drug-likeness (QED) is 0.795. The highest BCUT2D eigenvalue weighted by Crippen LogP contribution is 2.33. The van der Waals surface area contributed by atoms with Crippen molar-refractivity contribution in [2.24, 2.45) is 5.92 Å². The van der Waals surface area contributed by atoms with E-state index in [2.05, 4.69) is 46.2 Å². The molecule has 2 saturated heterocycles. The zero-order chi connectivity index (χ0) is 17.9. The van der Waals surface area contributed by atoms with Gasteiger partial charge >= 0.3 is 0 Å². The molecule has 5 heteroatoms. The lowest BCUT2D eigenvalue weighted by molar-refractivity contribution is -0.0248. The highest BCUT2D eigenvalue weighted by atomic mass is 16.5. The first-order valence-electron chi connectivity index (χ1n) is 9.61. The molecule has 1 aromatic heterocycles. The minimum absolute atomic E-state index is 0.369. The maximum absolute atomic E-state index is 5.81. The number of para-hydroxylation sites is 1. The van der Waals surface area contributed by atoms with Crippen molar-refractivity contribution in [2.45, 2.75) is 25.1 Å². The van der Waals surface area contributed by atoms with Crippen molar-refractivity contribution in [3.63, 3.8) is 0 Å². The van der Waals surface area contributed by atoms with Crippen LogP contribution in [0.15, 0.2) is 36.4 Å². The van der Waals surface area contributed by atoms with Crippen LogP contribution in [0.3, 0.4) is 0 Å². The van der Waals surface area contributed by atoms with Gasteiger partial charge < -0.3 is 9.47 Å². The number of fused-ring (bicyclic) bond motifs is 2. The van der Waals surface area contributed by atoms with E-state index in [9.17, 15) is 0 Å². The Kier molecular flexibility index (Phi) is 5.50. The number of pyridine rings is 1. The van der Waals surface area contributed by atoms with Gasteiger partial charge in [-0.25, -0.2) is 0 Å². The van der Waals surface area contributed by atoms with Crippen LogP contribution >= 0.6 is 0 Å². The normalized spacial score (nSPS) is 27.1. The molecule has 5 nitrogen and oxygen atoms in total. The van der Waals surface area contributed by atoms with Crippen molar-refractivity contribution in [2.75, 3.05) is 47.0 Å². The third kappa shape index (κ3) is 3.62. The molecule has 0 N–H and O–H groups in total. The number of likely N-dealkylation sites (tertiary alicyclic amines) is 2. The Hall–Kier alpha value is -1.53. The van der Waals surface area contributed by atoms with Gasteiger partial charge in [0.15, 0.2) is 0 Å². The van der Waals surface area contributed by atoms with Crippen LogP contribution < -0.4 is 0 Å². The van der Waals surface area contributed by atoms with Crippen LogP contribution in [0.25, 0.3) is 10.9 Å². The van der Waals surface area contributed by atoms with Crippen LogP contribution in [0, 0.1) is 5.92 Å². The Morgan fingerprint density at radius 2 is 2.00 bits per heavy atom. The molecule has 3 atom stereocenters. The molecular formula is C21H29N3O2. The zero-order valence-corrected chi connectivity index (χ0v) is 15.8. The van der Waals surface area contributed by atoms with Crippen molar-refractivity contribution in [3.05, 3.63) is 42.1 Å². The monoisotopic (exact) mass is 355 g/mol. The molecule has 2 aliphatic rings. The van der Waals surface area contributed by atoms with E-state index >= 15 is 0 Å². The van der Waals surface area contributed by atoms with Crippen molar-refractivity contribution in [1.29, 1.82) is 0 Å². The number of hydrogen-bond acceptors (Lipinski definition) is 5. The smallest absolute Gasteiger partial charge is 0.0705 e. The average Bonchev–Trinajstić information content (AvgIpc) is 3.11. The van der Waals surface area contributed by atoms with E-state index in [4.69, 9.17) is 14.5 Å². The summed E-state index contributed by atoms with van der Waals surface area (Å²) in [6.07, 6.45) is 1.47. The maximum Gasteiger partial charge on any atom is 0.0705 e. The summed E-state index contributed by atoms with van der Waals surface area (Å²) in [4.78, 5) is 10.0. The van der Waals surface area contributed by atoms with Crippen molar-refractivity contribution < 1.29 is 9.47 Å². The predicted octanol–water partition coefficient (Wildman–Crippen LogP) is 2.40. The molecule has 0 bridgehead atoms. The van der Waals surface area contributed by atoms with Gasteiger partial charge in [-0.1, -0.05) is 24.3 Å². The minimum atomic E-state index is 0.369. The summed E-state index contributed by atoms with van der Waals surface area (Å²) >= 11 is 0. The lowest BCUT2D eigenvalue weighted by Crippen LogP contribution is -2.50. The number of aromatic nitrogens is 1. The highest BCUT2D eigenvalue weighted by Gasteiger charge is 2.44. The van der Waals surface area contributed by atoms with Crippen LogP contribution in [0.1, 0.15) is 12.1 Å². The van der Waals surface area contributed by atoms with Crippen LogP contribution in [0.5, 0.6) is 0 Å². The molecule has 4 rings (SSSR count). The summed E-state index contributed by atoms with van der Waals surface area (Å²) < 4.78 is 11.1. The maximum atomic E-state index is 5.81. The van der Waals surface area contributed by atoms with Crippen molar-refractivity contribution in [1.82, 2.24) is 14.8 Å². The Balaban J connectivity index is 1.50. The fraction of sp³-hybridized carbons (Fsp3) is 0.571. The number of ether oxygens (including phenoxy) is 2. The van der Waals surface area contributed by atoms with E-state index in [-0.39, 0.29) is 0 Å². The highest BCUT2D eigenvalue weighted by molar-refractivity contribution is 5.78. The molecule has 2 aliphatic heterocycles. The summed E-state index contributed by atoms with van der Waals surface area (Å²) in [5, 5.41) is 1.21. The molecule has 2 fully saturated rings. The van der Waals surface area contributed by atoms with Crippen LogP contribution in [0.2, 0.25) is 0 Å². The molecule has 26 heavy (non-hydrogen) atoms. The number of benzene rings is 1. The predicted molar refractivity (Wildman–Crippen MR) is 103 cm³/mol. The van der Waals surface area contributed by atoms with Crippen LogP contribution in [0.4, 0.5) is 0 Å². The number of hydrogen-bond donors (Lipinski definition) is 0. The minimum Gasteiger partial charge on any atom is -0.383 e. The summed E-state index contributed by atoms with van der Waals surface area (Å²) in [5.74, 6) is 0.575. The van der Waals surface area contributed by atoms with E-state index in [1.807, 2.05) is 7.11 Å². The lowest BCUT2D eigenvalue weighted by atomic mass is 9.89. The van der Waals surface area contributed by atoms with Gasteiger partial charge in [0.25, 0.3) is 0 Å². The van der Waals surface area contributed by atoms with Gasteiger partial charge in [0.1, 0.15) is 0 Å². The molecule has 0 aliphatic carbocycles. The van der Waals surface area contributed by atoms with Gasteiger partial charge in [-0.3, -0.25) is 14.8 Å². The molecule has 0 amide bonds. The topological polar surface area (TPSA) is 37.8 Å². The molecule has 0 radical (unpaired) electrons. The second-order valence-corrected chi connectivity index (χ2v) is 7.51. The molecule has 2 aromatic rings. The largest absolute Gasteiger partial charge is 0.383 e. The number of nitrogens with zero attached hydrogens (tertiary/aromatic N) is 3. The van der Waals surface area contributed by atoms with Gasteiger partial charge in [0, 0.05) is 64.3 Å². The Bertz CT molecular complexity index is 738. The van der Waals surface area contributed by atoms with Gasteiger partial charge in [0.05, 0.1) is 23.9 Å². The molecular weight excluding hydrogens is 326 g/mol. The molecule has 0 unspecified atom stereocenters. The Morgan fingerprint density at radius 1 is 1.12 bits per heavy atom. The van der Waals surface area contributed by atoms with Gasteiger partial charge in [0.2, 0.25) is 0 Å². The standard InChI is InChI=1S/C21H29N3O2/c1-25-12-11-23-14-18-20(15-23)24(10-9-21(18)26-2)13-17-8-7-16-5-3-4-6-19(16)22-17/h3-8,18,20-21H,9-15H2,1-2H3/t18-,20+,21-/m1/s1. The number of methoxy groups -OCH3 is 2. The molecule has 0 spiro atoms. The first-order chi connectivity index (χ1) is 12.8. The second-order valence-electron chi connectivity index (χ2n) is 7.51. The second kappa shape index (κ2) is 8.01. The van der Waals surface area contributed by atoms with Crippen molar-refractivity contribution in [3.8, 4) is 0 Å². The first-order valence-corrected chi connectivity index (χ1v) is 9.61. The summed E-state index contributed by atoms with van der Waals surface area (Å²) in [6.45, 7) is 5.99. The third-order valence-electron chi connectivity index (χ3n) is 5.99. The number of rotatable bonds is 6. The van der Waals surface area contributed by atoms with Gasteiger partial charge in [-0.15, -0.1) is 0 Å². The third-order valence-corrected chi connectivity index (χ3v) is 5.99. The Morgan fingerprint density at radius 3 is 2.85 bits per heavy atom. The van der Waals surface area contributed by atoms with Crippen molar-refractivity contribution >= 4 is 10.9 Å². The molecule has 0 saturated carbocycles. The van der Waals surface area contributed by atoms with E-state index in [1.54, 1.807) is 7.11 Å². The zero-order valence-electron chi connectivity index (χ0n) is 15.8. The van der Waals surface area contributed by atoms with Crippen LogP contribution in [-0.4, -0.2) is 73.9 Å². The van der Waals surface area contributed by atoms with E-state index in [1.165, 1.54) is 5.39 Å². The summed E-state index contributed by atoms with van der Waals surface area (Å²) in [6, 6.07) is 13.3. The van der Waals surface area contributed by atoms with Gasteiger partial charge in [-0.2, -0.15) is 0 Å². The summed E-state index contributed by atoms with van der Waals surface area (Å²) in [5.41, 5.74) is 2.25. The number of piperidine rings is 1. The SMILES string of the molecule is COCCN1C[C@H]2[C@H](OC)CCN(Cc3ccc4ccccc4n3)[C@H]2C1. The van der Waals surface area contributed by atoms with E-state index < -0.39 is 0 Å².